The zero-order chi connectivity index (χ0) is 15.5. The fourth-order valence-electron chi connectivity index (χ4n) is 3.35. The van der Waals surface area contributed by atoms with Crippen LogP contribution < -0.4 is 0 Å². The van der Waals surface area contributed by atoms with E-state index < -0.39 is 11.6 Å². The maximum atomic E-state index is 13.3. The predicted molar refractivity (Wildman–Crippen MR) is 83.6 cm³/mol. The second kappa shape index (κ2) is 6.57. The minimum atomic E-state index is -0.554. The monoisotopic (exact) mass is 302 g/mol. The molecule has 1 aliphatic rings. The van der Waals surface area contributed by atoms with E-state index in [1.165, 1.54) is 17.7 Å². The summed E-state index contributed by atoms with van der Waals surface area (Å²) < 4.78 is 26.6. The molecular weight excluding hydrogens is 282 g/mol. The molecule has 0 amide bonds. The number of aliphatic hydroxyl groups is 1. The molecule has 116 valence electrons. The van der Waals surface area contributed by atoms with Crippen LogP contribution in [0.5, 0.6) is 0 Å². The molecule has 0 aromatic heterocycles. The number of aliphatic hydroxyl groups excluding tert-OH is 1. The number of hydrogen-bond donors (Lipinski definition) is 1. The fourth-order valence-corrected chi connectivity index (χ4v) is 3.35. The lowest BCUT2D eigenvalue weighted by atomic mass is 9.79. The molecule has 0 unspecified atom stereocenters. The largest absolute Gasteiger partial charge is 0.396 e. The summed E-state index contributed by atoms with van der Waals surface area (Å²) in [5, 5.41) is 9.19. The minimum Gasteiger partial charge on any atom is -0.396 e. The van der Waals surface area contributed by atoms with Gasteiger partial charge in [-0.3, -0.25) is 0 Å². The zero-order valence-electron chi connectivity index (χ0n) is 12.4. The van der Waals surface area contributed by atoms with E-state index in [-0.39, 0.29) is 6.61 Å². The van der Waals surface area contributed by atoms with Crippen molar-refractivity contribution in [1.29, 1.82) is 0 Å². The summed E-state index contributed by atoms with van der Waals surface area (Å²) in [5.74, 6) is -0.130. The van der Waals surface area contributed by atoms with Crippen molar-refractivity contribution in [1.82, 2.24) is 0 Å². The van der Waals surface area contributed by atoms with Crippen LogP contribution in [0.3, 0.4) is 0 Å². The van der Waals surface area contributed by atoms with Gasteiger partial charge < -0.3 is 5.11 Å². The maximum Gasteiger partial charge on any atom is 0.126 e. The molecule has 0 radical (unpaired) electrons. The number of hydrogen-bond acceptors (Lipinski definition) is 1. The molecule has 1 N–H and O–H groups in total. The van der Waals surface area contributed by atoms with Gasteiger partial charge >= 0.3 is 0 Å². The summed E-state index contributed by atoms with van der Waals surface area (Å²) in [6.07, 6.45) is 4.33. The average molecular weight is 302 g/mol. The van der Waals surface area contributed by atoms with E-state index in [4.69, 9.17) is 0 Å². The third kappa shape index (κ3) is 3.36. The Kier molecular flexibility index (Phi) is 4.53. The summed E-state index contributed by atoms with van der Waals surface area (Å²) in [6, 6.07) is 11.6. The molecule has 1 aliphatic carbocycles. The van der Waals surface area contributed by atoms with Gasteiger partial charge in [-0.05, 0) is 66.3 Å². The average Bonchev–Trinajstić information content (AvgIpc) is 2.54. The molecule has 3 heteroatoms. The van der Waals surface area contributed by atoms with Gasteiger partial charge in [-0.25, -0.2) is 8.78 Å². The number of rotatable bonds is 3. The molecule has 1 fully saturated rings. The molecule has 1 nitrogen and oxygen atoms in total. The normalized spacial score (nSPS) is 21.8. The molecule has 2 aromatic carbocycles. The van der Waals surface area contributed by atoms with Crippen LogP contribution >= 0.6 is 0 Å². The highest BCUT2D eigenvalue weighted by Crippen LogP contribution is 2.36. The van der Waals surface area contributed by atoms with E-state index in [9.17, 15) is 13.9 Å². The van der Waals surface area contributed by atoms with E-state index in [1.807, 2.05) is 12.1 Å². The fraction of sp³-hybridized carbons (Fsp3) is 0.368. The van der Waals surface area contributed by atoms with Gasteiger partial charge in [-0.1, -0.05) is 24.3 Å². The molecular formula is C19H20F2O. The first kappa shape index (κ1) is 15.2. The van der Waals surface area contributed by atoms with Gasteiger partial charge in [0, 0.05) is 12.7 Å². The first-order chi connectivity index (χ1) is 10.7. The quantitative estimate of drug-likeness (QED) is 0.855. The Morgan fingerprint density at radius 1 is 0.818 bits per heavy atom. The van der Waals surface area contributed by atoms with Gasteiger partial charge in [0.15, 0.2) is 0 Å². The first-order valence-corrected chi connectivity index (χ1v) is 7.83. The van der Waals surface area contributed by atoms with Gasteiger partial charge in [0.1, 0.15) is 11.6 Å². The van der Waals surface area contributed by atoms with Gasteiger partial charge in [-0.15, -0.1) is 0 Å². The Morgan fingerprint density at radius 3 is 1.95 bits per heavy atom. The Morgan fingerprint density at radius 2 is 1.41 bits per heavy atom. The summed E-state index contributed by atoms with van der Waals surface area (Å²) in [6.45, 7) is 0.288. The first-order valence-electron chi connectivity index (χ1n) is 7.83. The molecule has 0 saturated heterocycles. The van der Waals surface area contributed by atoms with Gasteiger partial charge in [0.2, 0.25) is 0 Å². The Bertz CT molecular complexity index is 608. The summed E-state index contributed by atoms with van der Waals surface area (Å²) in [5.41, 5.74) is 2.66. The van der Waals surface area contributed by atoms with Crippen LogP contribution in [-0.2, 0) is 0 Å². The van der Waals surface area contributed by atoms with Crippen LogP contribution in [-0.4, -0.2) is 11.7 Å². The van der Waals surface area contributed by atoms with Crippen LogP contribution in [0.1, 0.15) is 37.2 Å². The molecule has 0 atom stereocenters. The summed E-state index contributed by atoms with van der Waals surface area (Å²) >= 11 is 0. The van der Waals surface area contributed by atoms with Crippen molar-refractivity contribution < 1.29 is 13.9 Å². The molecule has 1 saturated carbocycles. The van der Waals surface area contributed by atoms with Gasteiger partial charge in [0.25, 0.3) is 0 Å². The van der Waals surface area contributed by atoms with Crippen molar-refractivity contribution in [2.45, 2.75) is 31.6 Å². The van der Waals surface area contributed by atoms with Crippen LogP contribution in [0.4, 0.5) is 8.78 Å². The van der Waals surface area contributed by atoms with Crippen molar-refractivity contribution in [2.75, 3.05) is 6.61 Å². The van der Waals surface area contributed by atoms with Crippen LogP contribution in [0.2, 0.25) is 0 Å². The summed E-state index contributed by atoms with van der Waals surface area (Å²) in [4.78, 5) is 0. The lowest BCUT2D eigenvalue weighted by molar-refractivity contribution is 0.182. The van der Waals surface area contributed by atoms with Crippen molar-refractivity contribution in [3.8, 4) is 11.1 Å². The maximum absolute atomic E-state index is 13.3. The molecule has 0 heterocycles. The van der Waals surface area contributed by atoms with Crippen LogP contribution in [0.25, 0.3) is 11.1 Å². The van der Waals surface area contributed by atoms with E-state index in [0.717, 1.165) is 37.3 Å². The Balaban J connectivity index is 1.75. The molecule has 3 rings (SSSR count). The summed E-state index contributed by atoms with van der Waals surface area (Å²) in [7, 11) is 0. The van der Waals surface area contributed by atoms with Gasteiger partial charge in [0.05, 0.1) is 0 Å². The third-order valence-corrected chi connectivity index (χ3v) is 4.68. The number of halogens is 2. The Hall–Kier alpha value is -1.74. The van der Waals surface area contributed by atoms with Crippen LogP contribution in [0.15, 0.2) is 42.5 Å². The van der Waals surface area contributed by atoms with Crippen molar-refractivity contribution in [3.63, 3.8) is 0 Å². The van der Waals surface area contributed by atoms with E-state index in [1.54, 1.807) is 0 Å². The van der Waals surface area contributed by atoms with Crippen molar-refractivity contribution >= 4 is 0 Å². The smallest absolute Gasteiger partial charge is 0.126 e. The van der Waals surface area contributed by atoms with Crippen molar-refractivity contribution in [3.05, 3.63) is 59.7 Å². The number of benzene rings is 2. The Labute approximate surface area is 129 Å². The van der Waals surface area contributed by atoms with E-state index in [0.29, 0.717) is 17.4 Å². The lowest BCUT2D eigenvalue weighted by Gasteiger charge is -2.27. The van der Waals surface area contributed by atoms with E-state index in [2.05, 4.69) is 12.1 Å². The highest BCUT2D eigenvalue weighted by atomic mass is 19.1. The van der Waals surface area contributed by atoms with Crippen molar-refractivity contribution in [2.24, 2.45) is 5.92 Å². The third-order valence-electron chi connectivity index (χ3n) is 4.68. The highest BCUT2D eigenvalue weighted by Gasteiger charge is 2.21. The molecule has 22 heavy (non-hydrogen) atoms. The lowest BCUT2D eigenvalue weighted by Crippen LogP contribution is -2.15. The van der Waals surface area contributed by atoms with Crippen LogP contribution in [0, 0.1) is 17.6 Å². The highest BCUT2D eigenvalue weighted by molar-refractivity contribution is 5.63. The molecule has 0 aliphatic heterocycles. The second-order valence-electron chi connectivity index (χ2n) is 6.18. The standard InChI is InChI=1S/C19H20F2O/c20-18-9-17(10-19(21)11-18)16-7-5-15(6-8-16)14-3-1-13(12-22)2-4-14/h5-11,13-14,22H,1-4,12H2. The van der Waals surface area contributed by atoms with Gasteiger partial charge in [-0.2, -0.15) is 0 Å². The van der Waals surface area contributed by atoms with E-state index >= 15 is 0 Å². The zero-order valence-corrected chi connectivity index (χ0v) is 12.4. The topological polar surface area (TPSA) is 20.2 Å². The SMILES string of the molecule is OCC1CCC(c2ccc(-c3cc(F)cc(F)c3)cc2)CC1. The minimum absolute atomic E-state index is 0.288. The molecule has 0 bridgehead atoms. The second-order valence-corrected chi connectivity index (χ2v) is 6.18. The molecule has 2 aromatic rings. The molecule has 0 spiro atoms. The predicted octanol–water partition coefficient (Wildman–Crippen LogP) is 4.90.